The minimum Gasteiger partial charge on any atom is -0.493 e. The highest BCUT2D eigenvalue weighted by atomic mass is 32.2. The van der Waals surface area contributed by atoms with Crippen molar-refractivity contribution in [1.29, 1.82) is 0 Å². The fourth-order valence-corrected chi connectivity index (χ4v) is 10.9. The van der Waals surface area contributed by atoms with Crippen LogP contribution in [0.2, 0.25) is 0 Å². The Labute approximate surface area is 355 Å². The van der Waals surface area contributed by atoms with Crippen molar-refractivity contribution in [2.45, 2.75) is 67.1 Å². The maximum absolute atomic E-state index is 13.4. The second-order valence-electron chi connectivity index (χ2n) is 14.6. The van der Waals surface area contributed by atoms with Gasteiger partial charge in [0.05, 0.1) is 49.2 Å². The Balaban J connectivity index is 0.813. The molecular weight excluding hydrogens is 841 g/mol. The summed E-state index contributed by atoms with van der Waals surface area (Å²) in [6.07, 6.45) is -0.413. The van der Waals surface area contributed by atoms with Gasteiger partial charge in [0, 0.05) is 13.5 Å². The fourth-order valence-electron chi connectivity index (χ4n) is 7.08. The number of hydrogen-bond acceptors (Lipinski definition) is 12. The van der Waals surface area contributed by atoms with E-state index in [-0.39, 0.29) is 60.4 Å². The van der Waals surface area contributed by atoms with Gasteiger partial charge < -0.3 is 28.4 Å². The summed E-state index contributed by atoms with van der Waals surface area (Å²) in [5.41, 5.74) is 1.82. The minimum absolute atomic E-state index is 0.0677. The van der Waals surface area contributed by atoms with Crippen LogP contribution >= 0.6 is 0 Å². The van der Waals surface area contributed by atoms with Crippen LogP contribution in [0.5, 0.6) is 23.0 Å². The smallest absolute Gasteiger partial charge is 0.206 e. The molecule has 0 N–H and O–H groups in total. The van der Waals surface area contributed by atoms with Gasteiger partial charge in [-0.2, -0.15) is 0 Å². The highest BCUT2D eigenvalue weighted by molar-refractivity contribution is 7.92. The van der Waals surface area contributed by atoms with Crippen molar-refractivity contribution in [1.82, 2.24) is 0 Å². The molecule has 0 amide bonds. The summed E-state index contributed by atoms with van der Waals surface area (Å²) in [7, 11) is -9.70. The highest BCUT2D eigenvalue weighted by Crippen LogP contribution is 2.33. The van der Waals surface area contributed by atoms with E-state index in [9.17, 15) is 25.3 Å². The number of aryl methyl sites for hydroxylation is 1. The summed E-state index contributed by atoms with van der Waals surface area (Å²) in [6, 6.07) is 37.6. The fraction of sp³-hybridized carbons (Fsp3) is 0.217. The zero-order valence-corrected chi connectivity index (χ0v) is 35.6. The standard InChI is InChI=1S/C46H42O12S3/c1-31-3-15-37(16-4-31)59(47,48)40-21-9-34(10-22-40)57-35-11-23-41(24-12-35)61(51,52)39-19-7-33(8-20-39)54-28-27-32-5-17-38(18-6-32)60(49,50)42-25-13-36(14-26-42)58-44-30-56-45-43(53-2)29-55-46(44)45/h3-26,43-46H,27-30H2,1-2H3. The number of hydrogen-bond donors (Lipinski definition) is 0. The molecule has 2 aliphatic rings. The lowest BCUT2D eigenvalue weighted by Crippen LogP contribution is -2.35. The maximum Gasteiger partial charge on any atom is 0.206 e. The Bertz CT molecular complexity index is 2790. The molecule has 15 heteroatoms. The Morgan fingerprint density at radius 2 is 0.836 bits per heavy atom. The average molecular weight is 883 g/mol. The molecular formula is C46H42O12S3. The van der Waals surface area contributed by atoms with Crippen molar-refractivity contribution in [3.05, 3.63) is 157 Å². The van der Waals surface area contributed by atoms with E-state index in [4.69, 9.17) is 28.4 Å². The summed E-state index contributed by atoms with van der Waals surface area (Å²) in [4.78, 5) is 0.768. The lowest BCUT2D eigenvalue weighted by atomic mass is 10.1. The van der Waals surface area contributed by atoms with Crippen LogP contribution < -0.4 is 14.2 Å². The number of ether oxygens (including phenoxy) is 6. The molecule has 6 aromatic rings. The molecule has 4 unspecified atom stereocenters. The molecule has 8 rings (SSSR count). The molecule has 0 aromatic heterocycles. The third kappa shape index (κ3) is 9.08. The van der Waals surface area contributed by atoms with Gasteiger partial charge in [0.25, 0.3) is 0 Å². The van der Waals surface area contributed by atoms with E-state index >= 15 is 0 Å². The van der Waals surface area contributed by atoms with Gasteiger partial charge in [0.15, 0.2) is 6.10 Å². The Morgan fingerprint density at radius 3 is 1.28 bits per heavy atom. The van der Waals surface area contributed by atoms with Gasteiger partial charge in [-0.1, -0.05) is 29.8 Å². The first-order chi connectivity index (χ1) is 29.3. The van der Waals surface area contributed by atoms with E-state index < -0.39 is 29.5 Å². The van der Waals surface area contributed by atoms with Crippen LogP contribution in [0, 0.1) is 6.92 Å². The molecule has 6 aromatic carbocycles. The van der Waals surface area contributed by atoms with Crippen molar-refractivity contribution in [2.75, 3.05) is 26.9 Å². The predicted molar refractivity (Wildman–Crippen MR) is 224 cm³/mol. The number of benzene rings is 6. The SMILES string of the molecule is COC1COC2C(Oc3ccc(S(=O)(=O)c4ccc(CCOc5ccc(S(=O)(=O)c6ccc(Oc7ccc(S(=O)(=O)c8ccc(C)cc8)cc7)cc6)cc5)cc4)cc3)COC12. The van der Waals surface area contributed by atoms with Crippen LogP contribution in [0.3, 0.4) is 0 Å². The van der Waals surface area contributed by atoms with Crippen molar-refractivity contribution in [2.24, 2.45) is 0 Å². The Kier molecular flexibility index (Phi) is 12.1. The lowest BCUT2D eigenvalue weighted by molar-refractivity contribution is -0.0138. The highest BCUT2D eigenvalue weighted by Gasteiger charge is 2.49. The monoisotopic (exact) mass is 882 g/mol. The van der Waals surface area contributed by atoms with Gasteiger partial charge in [0.2, 0.25) is 29.5 Å². The van der Waals surface area contributed by atoms with Crippen LogP contribution in [0.1, 0.15) is 11.1 Å². The number of methoxy groups -OCH3 is 1. The van der Waals surface area contributed by atoms with Gasteiger partial charge in [-0.05, 0) is 134 Å². The molecule has 2 fully saturated rings. The number of sulfone groups is 3. The van der Waals surface area contributed by atoms with Crippen LogP contribution in [0.25, 0.3) is 0 Å². The van der Waals surface area contributed by atoms with Gasteiger partial charge >= 0.3 is 0 Å². The van der Waals surface area contributed by atoms with Crippen LogP contribution in [0.15, 0.2) is 175 Å². The van der Waals surface area contributed by atoms with Crippen molar-refractivity contribution in [3.63, 3.8) is 0 Å². The summed E-state index contributed by atoms with van der Waals surface area (Å²) < 4.78 is 114. The summed E-state index contributed by atoms with van der Waals surface area (Å²) in [6.45, 7) is 2.95. The first-order valence-corrected chi connectivity index (χ1v) is 23.8. The Morgan fingerprint density at radius 1 is 0.475 bits per heavy atom. The average Bonchev–Trinajstić information content (AvgIpc) is 3.87. The normalized spacial score (nSPS) is 19.0. The summed E-state index contributed by atoms with van der Waals surface area (Å²) in [5.74, 6) is 1.75. The van der Waals surface area contributed by atoms with E-state index in [1.54, 1.807) is 92.0 Å². The van der Waals surface area contributed by atoms with Gasteiger partial charge in [0.1, 0.15) is 41.3 Å². The molecule has 12 nitrogen and oxygen atoms in total. The van der Waals surface area contributed by atoms with Crippen LogP contribution in [-0.2, 0) is 50.1 Å². The van der Waals surface area contributed by atoms with E-state index in [2.05, 4.69) is 0 Å². The third-order valence-corrected chi connectivity index (χ3v) is 15.9. The Hall–Kier alpha value is -5.55. The second-order valence-corrected chi connectivity index (χ2v) is 20.4. The first kappa shape index (κ1) is 42.2. The lowest BCUT2D eigenvalue weighted by Gasteiger charge is -2.18. The van der Waals surface area contributed by atoms with Gasteiger partial charge in [-0.3, -0.25) is 0 Å². The van der Waals surface area contributed by atoms with E-state index in [0.29, 0.717) is 42.6 Å². The van der Waals surface area contributed by atoms with E-state index in [1.807, 2.05) is 6.92 Å². The molecule has 0 bridgehead atoms. The maximum atomic E-state index is 13.4. The quantitative estimate of drug-likeness (QED) is 0.100. The molecule has 4 atom stereocenters. The molecule has 0 aliphatic carbocycles. The molecule has 2 aliphatic heterocycles. The number of fused-ring (bicyclic) bond motifs is 1. The molecule has 316 valence electrons. The van der Waals surface area contributed by atoms with Crippen LogP contribution in [-0.4, -0.2) is 76.6 Å². The molecule has 0 spiro atoms. The number of rotatable bonds is 15. The summed E-state index contributed by atoms with van der Waals surface area (Å²) >= 11 is 0. The summed E-state index contributed by atoms with van der Waals surface area (Å²) in [5, 5.41) is 0. The molecule has 2 heterocycles. The largest absolute Gasteiger partial charge is 0.493 e. The van der Waals surface area contributed by atoms with E-state index in [0.717, 1.165) is 11.1 Å². The minimum atomic E-state index is -3.86. The second kappa shape index (κ2) is 17.4. The van der Waals surface area contributed by atoms with Crippen molar-refractivity contribution < 1.29 is 53.7 Å². The topological polar surface area (TPSA) is 158 Å². The first-order valence-electron chi connectivity index (χ1n) is 19.4. The van der Waals surface area contributed by atoms with E-state index in [1.165, 1.54) is 60.7 Å². The van der Waals surface area contributed by atoms with Crippen molar-refractivity contribution in [3.8, 4) is 23.0 Å². The molecule has 0 saturated carbocycles. The van der Waals surface area contributed by atoms with Gasteiger partial charge in [-0.15, -0.1) is 0 Å². The molecule has 0 radical (unpaired) electrons. The predicted octanol–water partition coefficient (Wildman–Crippen LogP) is 7.47. The zero-order valence-electron chi connectivity index (χ0n) is 33.1. The third-order valence-electron chi connectivity index (χ3n) is 10.5. The van der Waals surface area contributed by atoms with Crippen LogP contribution in [0.4, 0.5) is 0 Å². The van der Waals surface area contributed by atoms with Crippen molar-refractivity contribution >= 4 is 29.5 Å². The zero-order chi connectivity index (χ0) is 42.8. The molecule has 2 saturated heterocycles. The van der Waals surface area contributed by atoms with Gasteiger partial charge in [-0.25, -0.2) is 25.3 Å². The molecule has 61 heavy (non-hydrogen) atoms.